The van der Waals surface area contributed by atoms with Gasteiger partial charge in [-0.1, -0.05) is 30.3 Å². The Bertz CT molecular complexity index is 506. The van der Waals surface area contributed by atoms with Crippen molar-refractivity contribution in [3.63, 3.8) is 0 Å². The van der Waals surface area contributed by atoms with Crippen LogP contribution in [-0.2, 0) is 16.9 Å². The van der Waals surface area contributed by atoms with Gasteiger partial charge >= 0.3 is 0 Å². The van der Waals surface area contributed by atoms with E-state index < -0.39 is 5.60 Å². The molecule has 0 spiro atoms. The van der Waals surface area contributed by atoms with E-state index in [1.807, 2.05) is 44.2 Å². The van der Waals surface area contributed by atoms with Crippen molar-refractivity contribution in [2.45, 2.75) is 32.4 Å². The number of aromatic nitrogens is 2. The van der Waals surface area contributed by atoms with E-state index in [1.54, 1.807) is 7.11 Å². The van der Waals surface area contributed by atoms with Crippen molar-refractivity contribution in [3.05, 3.63) is 42.0 Å². The minimum Gasteiger partial charge on any atom is -0.376 e. The fourth-order valence-corrected chi connectivity index (χ4v) is 1.67. The van der Waals surface area contributed by atoms with E-state index in [9.17, 15) is 0 Å². The lowest BCUT2D eigenvalue weighted by molar-refractivity contribution is -0.0106. The van der Waals surface area contributed by atoms with Crippen LogP contribution in [0.4, 0.5) is 5.69 Å². The molecule has 0 aliphatic heterocycles. The highest BCUT2D eigenvalue weighted by molar-refractivity contribution is 5.42. The number of benzene rings is 1. The Kier molecular flexibility index (Phi) is 4.16. The molecule has 0 fully saturated rings. The van der Waals surface area contributed by atoms with Crippen LogP contribution in [0.1, 0.15) is 32.0 Å². The molecule has 0 bridgehead atoms. The summed E-state index contributed by atoms with van der Waals surface area (Å²) in [6.45, 7) is 4.48. The zero-order chi connectivity index (χ0) is 13.7. The van der Waals surface area contributed by atoms with Gasteiger partial charge in [-0.05, 0) is 25.5 Å². The second kappa shape index (κ2) is 5.84. The minimum atomic E-state index is -0.492. The Morgan fingerprint density at radius 3 is 2.68 bits per heavy atom. The second-order valence-electron chi connectivity index (χ2n) is 4.52. The summed E-state index contributed by atoms with van der Waals surface area (Å²) >= 11 is 0. The molecule has 0 aliphatic carbocycles. The number of hydrogen-bond donors (Lipinski definition) is 1. The van der Waals surface area contributed by atoms with Crippen molar-refractivity contribution in [2.75, 3.05) is 12.4 Å². The molecule has 0 saturated carbocycles. The van der Waals surface area contributed by atoms with E-state index in [0.717, 1.165) is 12.1 Å². The van der Waals surface area contributed by atoms with Gasteiger partial charge in [0.05, 0.1) is 6.54 Å². The van der Waals surface area contributed by atoms with Gasteiger partial charge in [-0.15, -0.1) is 0 Å². The number of ether oxygens (including phenoxy) is 1. The monoisotopic (exact) mass is 261 g/mol. The summed E-state index contributed by atoms with van der Waals surface area (Å²) in [5, 5.41) is 7.22. The maximum atomic E-state index is 5.44. The van der Waals surface area contributed by atoms with Gasteiger partial charge in [0.1, 0.15) is 5.60 Å². The van der Waals surface area contributed by atoms with Crippen molar-refractivity contribution in [1.29, 1.82) is 0 Å². The maximum Gasteiger partial charge on any atom is 0.246 e. The molecule has 102 valence electrons. The highest BCUT2D eigenvalue weighted by Gasteiger charge is 2.29. The molecule has 2 aromatic rings. The lowest BCUT2D eigenvalue weighted by Gasteiger charge is -2.21. The zero-order valence-corrected chi connectivity index (χ0v) is 11.5. The molecule has 0 radical (unpaired) electrons. The standard InChI is InChI=1S/C14H19N3O2/c1-4-14(2,18-3)13-16-12(19-17-13)10-15-11-8-6-5-7-9-11/h5-9,15H,4,10H2,1-3H3. The van der Waals surface area contributed by atoms with E-state index >= 15 is 0 Å². The summed E-state index contributed by atoms with van der Waals surface area (Å²) in [4.78, 5) is 4.37. The first-order valence-corrected chi connectivity index (χ1v) is 6.35. The fraction of sp³-hybridized carbons (Fsp3) is 0.429. The molecule has 5 nitrogen and oxygen atoms in total. The molecular weight excluding hydrogens is 242 g/mol. The Balaban J connectivity index is 2.02. The van der Waals surface area contributed by atoms with E-state index in [-0.39, 0.29) is 0 Å². The van der Waals surface area contributed by atoms with Crippen LogP contribution in [-0.4, -0.2) is 17.3 Å². The van der Waals surface area contributed by atoms with Crippen molar-refractivity contribution < 1.29 is 9.26 Å². The smallest absolute Gasteiger partial charge is 0.246 e. The summed E-state index contributed by atoms with van der Waals surface area (Å²) in [6, 6.07) is 9.90. The van der Waals surface area contributed by atoms with Crippen molar-refractivity contribution >= 4 is 5.69 Å². The normalized spacial score (nSPS) is 14.1. The highest BCUT2D eigenvalue weighted by Crippen LogP contribution is 2.25. The predicted molar refractivity (Wildman–Crippen MR) is 72.7 cm³/mol. The van der Waals surface area contributed by atoms with E-state index in [1.165, 1.54) is 0 Å². The van der Waals surface area contributed by atoms with Crippen molar-refractivity contribution in [3.8, 4) is 0 Å². The topological polar surface area (TPSA) is 60.2 Å². The average Bonchev–Trinajstić information content (AvgIpc) is 2.95. The Labute approximate surface area is 113 Å². The summed E-state index contributed by atoms with van der Waals surface area (Å²) in [6.07, 6.45) is 0.786. The van der Waals surface area contributed by atoms with Crippen LogP contribution in [0, 0.1) is 0 Å². The van der Waals surface area contributed by atoms with Crippen molar-refractivity contribution in [1.82, 2.24) is 10.1 Å². The maximum absolute atomic E-state index is 5.44. The van der Waals surface area contributed by atoms with Crippen LogP contribution in [0.5, 0.6) is 0 Å². The van der Waals surface area contributed by atoms with E-state index in [4.69, 9.17) is 9.26 Å². The number of nitrogens with zero attached hydrogens (tertiary/aromatic N) is 2. The zero-order valence-electron chi connectivity index (χ0n) is 11.5. The predicted octanol–water partition coefficient (Wildman–Crippen LogP) is 2.95. The summed E-state index contributed by atoms with van der Waals surface area (Å²) in [5.74, 6) is 1.14. The third-order valence-electron chi connectivity index (χ3n) is 3.28. The molecule has 1 atom stereocenters. The van der Waals surface area contributed by atoms with Gasteiger partial charge in [0, 0.05) is 12.8 Å². The number of methoxy groups -OCH3 is 1. The van der Waals surface area contributed by atoms with Gasteiger partial charge in [-0.25, -0.2) is 0 Å². The Hall–Kier alpha value is -1.88. The van der Waals surface area contributed by atoms with Gasteiger partial charge < -0.3 is 14.6 Å². The van der Waals surface area contributed by atoms with Crippen LogP contribution in [0.3, 0.4) is 0 Å². The summed E-state index contributed by atoms with van der Waals surface area (Å²) in [7, 11) is 1.65. The molecule has 1 aromatic carbocycles. The van der Waals surface area contributed by atoms with Gasteiger partial charge in [-0.3, -0.25) is 0 Å². The molecule has 1 aromatic heterocycles. The van der Waals surface area contributed by atoms with Crippen LogP contribution in [0.2, 0.25) is 0 Å². The SMILES string of the molecule is CCC(C)(OC)c1noc(CNc2ccccc2)n1. The number of rotatable bonds is 6. The fourth-order valence-electron chi connectivity index (χ4n) is 1.67. The molecule has 0 aliphatic rings. The second-order valence-corrected chi connectivity index (χ2v) is 4.52. The molecule has 1 heterocycles. The lowest BCUT2D eigenvalue weighted by Crippen LogP contribution is -2.24. The minimum absolute atomic E-state index is 0.492. The average molecular weight is 261 g/mol. The first-order chi connectivity index (χ1) is 9.18. The van der Waals surface area contributed by atoms with E-state index in [2.05, 4.69) is 15.5 Å². The van der Waals surface area contributed by atoms with Crippen LogP contribution < -0.4 is 5.32 Å². The van der Waals surface area contributed by atoms with Gasteiger partial charge in [0.2, 0.25) is 11.7 Å². The van der Waals surface area contributed by atoms with Gasteiger partial charge in [-0.2, -0.15) is 4.98 Å². The third-order valence-corrected chi connectivity index (χ3v) is 3.28. The highest BCUT2D eigenvalue weighted by atomic mass is 16.5. The van der Waals surface area contributed by atoms with Gasteiger partial charge in [0.25, 0.3) is 0 Å². The molecule has 5 heteroatoms. The number of hydrogen-bond acceptors (Lipinski definition) is 5. The molecular formula is C14H19N3O2. The van der Waals surface area contributed by atoms with Crippen LogP contribution in [0.25, 0.3) is 0 Å². The quantitative estimate of drug-likeness (QED) is 0.866. The Morgan fingerprint density at radius 1 is 1.32 bits per heavy atom. The third kappa shape index (κ3) is 3.12. The molecule has 1 N–H and O–H groups in total. The summed E-state index contributed by atoms with van der Waals surface area (Å²) in [5.41, 5.74) is 0.529. The van der Waals surface area contributed by atoms with E-state index in [0.29, 0.717) is 18.3 Å². The van der Waals surface area contributed by atoms with Crippen molar-refractivity contribution in [2.24, 2.45) is 0 Å². The molecule has 19 heavy (non-hydrogen) atoms. The number of para-hydroxylation sites is 1. The summed E-state index contributed by atoms with van der Waals surface area (Å²) < 4.78 is 10.7. The molecule has 0 amide bonds. The number of nitrogens with one attached hydrogen (secondary N) is 1. The first kappa shape index (κ1) is 13.5. The van der Waals surface area contributed by atoms with Crippen LogP contribution in [0.15, 0.2) is 34.9 Å². The van der Waals surface area contributed by atoms with Gasteiger partial charge in [0.15, 0.2) is 0 Å². The van der Waals surface area contributed by atoms with Crippen LogP contribution >= 0.6 is 0 Å². The lowest BCUT2D eigenvalue weighted by atomic mass is 10.0. The number of anilines is 1. The largest absolute Gasteiger partial charge is 0.376 e. The molecule has 2 rings (SSSR count). The first-order valence-electron chi connectivity index (χ1n) is 6.35. The Morgan fingerprint density at radius 2 is 2.05 bits per heavy atom. The molecule has 0 saturated heterocycles. The molecule has 1 unspecified atom stereocenters.